The molecule has 3 aliphatic rings. The quantitative estimate of drug-likeness (QED) is 0.553. The van der Waals surface area contributed by atoms with Gasteiger partial charge in [0.15, 0.2) is 0 Å². The van der Waals surface area contributed by atoms with E-state index in [0.29, 0.717) is 0 Å². The van der Waals surface area contributed by atoms with Gasteiger partial charge in [-0.2, -0.15) is 0 Å². The summed E-state index contributed by atoms with van der Waals surface area (Å²) >= 11 is 0. The molecule has 1 saturated carbocycles. The molecule has 0 amide bonds. The van der Waals surface area contributed by atoms with Crippen LogP contribution in [0.3, 0.4) is 0 Å². The molecular formula is C20H23NO5. The van der Waals surface area contributed by atoms with E-state index in [9.17, 15) is 19.8 Å². The van der Waals surface area contributed by atoms with E-state index < -0.39 is 23.1 Å². The number of hydrogen-bond acceptors (Lipinski definition) is 6. The van der Waals surface area contributed by atoms with Crippen LogP contribution in [-0.2, 0) is 15.3 Å². The van der Waals surface area contributed by atoms with Crippen LogP contribution < -0.4 is 5.32 Å². The Labute approximate surface area is 151 Å². The number of aliphatic hydroxyl groups is 2. The summed E-state index contributed by atoms with van der Waals surface area (Å²) in [7, 11) is 0. The van der Waals surface area contributed by atoms with Crippen molar-refractivity contribution < 1.29 is 24.5 Å². The number of benzene rings is 1. The Morgan fingerprint density at radius 2 is 1.81 bits per heavy atom. The van der Waals surface area contributed by atoms with Crippen LogP contribution >= 0.6 is 0 Å². The van der Waals surface area contributed by atoms with Gasteiger partial charge < -0.3 is 20.3 Å². The number of carbonyl (C=O) groups excluding carboxylic acids is 2. The van der Waals surface area contributed by atoms with Gasteiger partial charge in [0.25, 0.3) is 0 Å². The molecule has 1 heterocycles. The van der Waals surface area contributed by atoms with Crippen LogP contribution in [-0.4, -0.2) is 33.7 Å². The normalized spacial score (nSPS) is 31.3. The molecule has 6 nitrogen and oxygen atoms in total. The summed E-state index contributed by atoms with van der Waals surface area (Å²) in [5.74, 6) is -1.42. The van der Waals surface area contributed by atoms with E-state index in [1.807, 2.05) is 0 Å². The van der Waals surface area contributed by atoms with Gasteiger partial charge in [-0.1, -0.05) is 37.1 Å². The Morgan fingerprint density at radius 3 is 2.50 bits per heavy atom. The van der Waals surface area contributed by atoms with Gasteiger partial charge in [-0.15, -0.1) is 0 Å². The van der Waals surface area contributed by atoms with Crippen molar-refractivity contribution in [3.8, 4) is 0 Å². The van der Waals surface area contributed by atoms with Gasteiger partial charge in [-0.3, -0.25) is 4.79 Å². The summed E-state index contributed by atoms with van der Waals surface area (Å²) < 4.78 is 5.63. The number of nitrogens with one attached hydrogen (secondary N) is 1. The van der Waals surface area contributed by atoms with E-state index in [2.05, 4.69) is 5.32 Å². The third-order valence-corrected chi connectivity index (χ3v) is 5.80. The van der Waals surface area contributed by atoms with Crippen molar-refractivity contribution >= 4 is 11.8 Å². The molecule has 2 aliphatic carbocycles. The van der Waals surface area contributed by atoms with E-state index in [4.69, 9.17) is 4.74 Å². The van der Waals surface area contributed by atoms with Crippen molar-refractivity contribution in [2.24, 2.45) is 0 Å². The molecule has 1 aromatic rings. The number of allylic oxidation sites excluding steroid dienone is 1. The summed E-state index contributed by atoms with van der Waals surface area (Å²) in [6.07, 6.45) is 5.56. The zero-order valence-corrected chi connectivity index (χ0v) is 14.7. The third kappa shape index (κ3) is 2.18. The standard InChI is InChI=1S/C20H23NO5/c1-12-16(18(23)26-13-8-4-2-3-5-9-13)19(24)17(22)14-10-6-7-11-15(14)20(19,25)21-12/h6-7,10-11,13,21,24-25H,2-5,8-9H2,1H3/t19-,20-/m1/s1. The first kappa shape index (κ1) is 17.2. The number of rotatable bonds is 2. The van der Waals surface area contributed by atoms with Gasteiger partial charge in [-0.05, 0) is 32.6 Å². The maximum Gasteiger partial charge on any atom is 0.339 e. The van der Waals surface area contributed by atoms with Crippen molar-refractivity contribution in [3.05, 3.63) is 46.7 Å². The van der Waals surface area contributed by atoms with Crippen LogP contribution in [0.4, 0.5) is 0 Å². The van der Waals surface area contributed by atoms with Crippen LogP contribution in [0.15, 0.2) is 35.5 Å². The van der Waals surface area contributed by atoms with E-state index in [-0.39, 0.29) is 28.5 Å². The van der Waals surface area contributed by atoms with Crippen LogP contribution in [0.25, 0.3) is 0 Å². The molecule has 26 heavy (non-hydrogen) atoms. The minimum absolute atomic E-state index is 0.189. The second-order valence-corrected chi connectivity index (χ2v) is 7.44. The highest BCUT2D eigenvalue weighted by Gasteiger charge is 2.70. The first-order valence-electron chi connectivity index (χ1n) is 9.19. The predicted octanol–water partition coefficient (Wildman–Crippen LogP) is 1.90. The summed E-state index contributed by atoms with van der Waals surface area (Å²) in [6, 6.07) is 6.45. The fourth-order valence-electron chi connectivity index (χ4n) is 4.48. The summed E-state index contributed by atoms with van der Waals surface area (Å²) in [6.45, 7) is 1.56. The lowest BCUT2D eigenvalue weighted by molar-refractivity contribution is -0.152. The highest BCUT2D eigenvalue weighted by molar-refractivity contribution is 6.16. The molecule has 138 valence electrons. The Hall–Kier alpha value is -2.18. The van der Waals surface area contributed by atoms with Crippen molar-refractivity contribution in [2.45, 2.75) is 62.9 Å². The summed E-state index contributed by atoms with van der Waals surface area (Å²) in [5, 5.41) is 25.1. The number of ketones is 1. The molecule has 0 aromatic heterocycles. The lowest BCUT2D eigenvalue weighted by Crippen LogP contribution is -2.56. The molecular weight excluding hydrogens is 334 g/mol. The number of fused-ring (bicyclic) bond motifs is 3. The molecule has 3 N–H and O–H groups in total. The largest absolute Gasteiger partial charge is 0.459 e. The molecule has 0 radical (unpaired) electrons. The van der Waals surface area contributed by atoms with Crippen LogP contribution in [0, 0.1) is 0 Å². The monoisotopic (exact) mass is 357 g/mol. The molecule has 1 aromatic carbocycles. The molecule has 2 atom stereocenters. The number of hydrogen-bond donors (Lipinski definition) is 3. The van der Waals surface area contributed by atoms with Gasteiger partial charge in [0, 0.05) is 16.8 Å². The average Bonchev–Trinajstić information content (AvgIpc) is 2.83. The van der Waals surface area contributed by atoms with Gasteiger partial charge in [0.1, 0.15) is 11.7 Å². The van der Waals surface area contributed by atoms with Crippen LogP contribution in [0.2, 0.25) is 0 Å². The molecule has 0 spiro atoms. The van der Waals surface area contributed by atoms with Crippen molar-refractivity contribution in [1.29, 1.82) is 0 Å². The fourth-order valence-corrected chi connectivity index (χ4v) is 4.48. The number of carbonyl (C=O) groups is 2. The number of ether oxygens (including phenoxy) is 1. The van der Waals surface area contributed by atoms with Gasteiger partial charge in [0.2, 0.25) is 17.1 Å². The van der Waals surface area contributed by atoms with Crippen molar-refractivity contribution in [1.82, 2.24) is 5.32 Å². The first-order chi connectivity index (χ1) is 12.4. The van der Waals surface area contributed by atoms with Crippen molar-refractivity contribution in [3.63, 3.8) is 0 Å². The number of Topliss-reactive ketones (excluding diaryl/α,β-unsaturated/α-hetero) is 1. The molecule has 0 unspecified atom stereocenters. The topological polar surface area (TPSA) is 95.9 Å². The second-order valence-electron chi connectivity index (χ2n) is 7.44. The highest BCUT2D eigenvalue weighted by Crippen LogP contribution is 2.51. The molecule has 1 aliphatic heterocycles. The maximum atomic E-state index is 12.9. The summed E-state index contributed by atoms with van der Waals surface area (Å²) in [5.41, 5.74) is -3.88. The zero-order chi connectivity index (χ0) is 18.5. The minimum atomic E-state index is -2.37. The van der Waals surface area contributed by atoms with Crippen molar-refractivity contribution in [2.75, 3.05) is 0 Å². The van der Waals surface area contributed by atoms with Gasteiger partial charge in [0.05, 0.1) is 0 Å². The van der Waals surface area contributed by atoms with Crippen LogP contribution in [0.1, 0.15) is 61.4 Å². The lowest BCUT2D eigenvalue weighted by Gasteiger charge is -2.32. The Kier molecular flexibility index (Phi) is 3.93. The second kappa shape index (κ2) is 5.93. The first-order valence-corrected chi connectivity index (χ1v) is 9.19. The summed E-state index contributed by atoms with van der Waals surface area (Å²) in [4.78, 5) is 25.8. The van der Waals surface area contributed by atoms with E-state index >= 15 is 0 Å². The molecule has 4 rings (SSSR count). The highest BCUT2D eigenvalue weighted by atomic mass is 16.5. The Balaban J connectivity index is 1.68. The minimum Gasteiger partial charge on any atom is -0.459 e. The van der Waals surface area contributed by atoms with Gasteiger partial charge >= 0.3 is 5.97 Å². The maximum absolute atomic E-state index is 12.9. The lowest BCUT2D eigenvalue weighted by atomic mass is 9.85. The number of esters is 1. The molecule has 1 fully saturated rings. The van der Waals surface area contributed by atoms with E-state index in [1.54, 1.807) is 25.1 Å². The fraction of sp³-hybridized carbons (Fsp3) is 0.500. The van der Waals surface area contributed by atoms with Crippen LogP contribution in [0.5, 0.6) is 0 Å². The Bertz CT molecular complexity index is 808. The SMILES string of the molecule is CC1=C(C(=O)OC2CCCCCC2)[C@@]2(O)C(=O)c3ccccc3[C@]2(O)N1. The van der Waals surface area contributed by atoms with Gasteiger partial charge in [-0.25, -0.2) is 4.79 Å². The Morgan fingerprint density at radius 1 is 1.15 bits per heavy atom. The smallest absolute Gasteiger partial charge is 0.339 e. The zero-order valence-electron chi connectivity index (χ0n) is 14.7. The van der Waals surface area contributed by atoms with E-state index in [0.717, 1.165) is 38.5 Å². The van der Waals surface area contributed by atoms with E-state index in [1.165, 1.54) is 6.07 Å². The average molecular weight is 357 g/mol. The molecule has 0 bridgehead atoms. The molecule has 0 saturated heterocycles. The predicted molar refractivity (Wildman–Crippen MR) is 93.0 cm³/mol. The third-order valence-electron chi connectivity index (χ3n) is 5.80. The molecule has 6 heteroatoms.